The number of fused-ring (bicyclic) bond motifs is 1. The highest BCUT2D eigenvalue weighted by molar-refractivity contribution is 7.89. The molecule has 0 aromatic heterocycles. The number of nitrogens with zero attached hydrogens (tertiary/aromatic N) is 1. The van der Waals surface area contributed by atoms with Gasteiger partial charge in [0, 0.05) is 6.42 Å². The van der Waals surface area contributed by atoms with Crippen molar-refractivity contribution >= 4 is 27.7 Å². The van der Waals surface area contributed by atoms with Crippen LogP contribution in [0.1, 0.15) is 31.2 Å². The van der Waals surface area contributed by atoms with E-state index in [9.17, 15) is 27.9 Å². The van der Waals surface area contributed by atoms with Crippen LogP contribution in [0.5, 0.6) is 0 Å². The van der Waals surface area contributed by atoms with Gasteiger partial charge in [-0.15, -0.1) is 0 Å². The minimum Gasteiger partial charge on any atom is -0.375 e. The highest BCUT2D eigenvalue weighted by Gasteiger charge is 2.78. The maximum atomic E-state index is 14.0. The topological polar surface area (TPSA) is 158 Å². The number of aliphatic hydroxyl groups is 1. The molecule has 210 valence electrons. The quantitative estimate of drug-likeness (QED) is 0.330. The van der Waals surface area contributed by atoms with Crippen molar-refractivity contribution in [1.29, 1.82) is 0 Å². The molecule has 0 saturated carbocycles. The SMILES string of the molecule is Cc1ccc(S(=O)(=O)N2C(=O)[C@]3(O)C=C(CCC4OCCO4)[C@H]2[C@H]2C(=O)NC(=O)[C@]23CCC2OCCO2)cc1. The molecule has 4 saturated heterocycles. The predicted octanol–water partition coefficient (Wildman–Crippen LogP) is 0.131. The van der Waals surface area contributed by atoms with Crippen LogP contribution in [0.3, 0.4) is 0 Å². The predicted molar refractivity (Wildman–Crippen MR) is 131 cm³/mol. The van der Waals surface area contributed by atoms with Crippen LogP contribution < -0.4 is 5.32 Å². The molecule has 39 heavy (non-hydrogen) atoms. The average molecular weight is 563 g/mol. The first-order valence-electron chi connectivity index (χ1n) is 13.0. The number of sulfonamides is 1. The Morgan fingerprint density at radius 2 is 1.56 bits per heavy atom. The number of amides is 3. The number of imide groups is 1. The molecular formula is C26H30N2O10S. The lowest BCUT2D eigenvalue weighted by atomic mass is 9.52. The molecule has 0 radical (unpaired) electrons. The second-order valence-corrected chi connectivity index (χ2v) is 12.4. The van der Waals surface area contributed by atoms with E-state index in [-0.39, 0.29) is 24.2 Å². The smallest absolute Gasteiger partial charge is 0.274 e. The maximum Gasteiger partial charge on any atom is 0.274 e. The van der Waals surface area contributed by atoms with Crippen molar-refractivity contribution < 1.29 is 46.9 Å². The number of piperidine rings is 1. The van der Waals surface area contributed by atoms with Crippen molar-refractivity contribution in [1.82, 2.24) is 9.62 Å². The normalized spacial score (nSPS) is 33.1. The van der Waals surface area contributed by atoms with E-state index in [0.717, 1.165) is 5.56 Å². The van der Waals surface area contributed by atoms with Gasteiger partial charge in [0.15, 0.2) is 18.2 Å². The van der Waals surface area contributed by atoms with Crippen LogP contribution >= 0.6 is 0 Å². The third kappa shape index (κ3) is 3.90. The average Bonchev–Trinajstić information content (AvgIpc) is 3.65. The molecule has 5 aliphatic heterocycles. The number of carbonyl (C=O) groups is 3. The number of hydrogen-bond donors (Lipinski definition) is 2. The van der Waals surface area contributed by atoms with E-state index in [0.29, 0.717) is 42.7 Å². The molecule has 0 unspecified atom stereocenters. The molecule has 2 N–H and O–H groups in total. The van der Waals surface area contributed by atoms with Gasteiger partial charge in [0.1, 0.15) is 5.41 Å². The molecule has 0 spiro atoms. The highest BCUT2D eigenvalue weighted by atomic mass is 32.2. The molecule has 1 aromatic rings. The molecule has 3 amide bonds. The Morgan fingerprint density at radius 3 is 2.18 bits per heavy atom. The second kappa shape index (κ2) is 9.46. The molecule has 2 bridgehead atoms. The fraction of sp³-hybridized carbons (Fsp3) is 0.577. The fourth-order valence-electron chi connectivity index (χ4n) is 6.56. The minimum absolute atomic E-state index is 0.122. The van der Waals surface area contributed by atoms with Gasteiger partial charge in [0.05, 0.1) is 43.3 Å². The third-order valence-corrected chi connectivity index (χ3v) is 10.2. The zero-order valence-corrected chi connectivity index (χ0v) is 22.1. The Morgan fingerprint density at radius 1 is 0.974 bits per heavy atom. The summed E-state index contributed by atoms with van der Waals surface area (Å²) >= 11 is 0. The van der Waals surface area contributed by atoms with Crippen LogP contribution in [-0.2, 0) is 43.4 Å². The molecule has 5 heterocycles. The van der Waals surface area contributed by atoms with Gasteiger partial charge in [-0.1, -0.05) is 17.7 Å². The number of benzene rings is 1. The Kier molecular flexibility index (Phi) is 6.44. The minimum atomic E-state index is -4.52. The number of rotatable bonds is 8. The largest absolute Gasteiger partial charge is 0.375 e. The van der Waals surface area contributed by atoms with Crippen LogP contribution in [-0.4, -0.2) is 86.2 Å². The van der Waals surface area contributed by atoms with Gasteiger partial charge < -0.3 is 24.1 Å². The van der Waals surface area contributed by atoms with Crippen molar-refractivity contribution in [3.63, 3.8) is 0 Å². The second-order valence-electron chi connectivity index (χ2n) is 10.5. The molecule has 4 atom stereocenters. The molecular weight excluding hydrogens is 532 g/mol. The van der Waals surface area contributed by atoms with E-state index in [1.807, 2.05) is 0 Å². The third-order valence-electron chi connectivity index (χ3n) is 8.41. The first-order valence-corrected chi connectivity index (χ1v) is 14.4. The first kappa shape index (κ1) is 26.5. The molecule has 13 heteroatoms. The number of nitrogens with one attached hydrogen (secondary N) is 1. The Bertz CT molecular complexity index is 1330. The number of aryl methyl sites for hydroxylation is 1. The molecule has 1 aromatic carbocycles. The number of hydrogen-bond acceptors (Lipinski definition) is 10. The van der Waals surface area contributed by atoms with E-state index in [4.69, 9.17) is 18.9 Å². The van der Waals surface area contributed by atoms with Crippen molar-refractivity contribution in [2.24, 2.45) is 11.3 Å². The lowest BCUT2D eigenvalue weighted by molar-refractivity contribution is -0.186. The van der Waals surface area contributed by atoms with Gasteiger partial charge in [0.2, 0.25) is 11.8 Å². The fourth-order valence-corrected chi connectivity index (χ4v) is 8.18. The monoisotopic (exact) mass is 562 g/mol. The number of ether oxygens (including phenoxy) is 4. The van der Waals surface area contributed by atoms with E-state index < -0.39 is 63.3 Å². The Labute approximate surface area is 225 Å². The summed E-state index contributed by atoms with van der Waals surface area (Å²) in [6.45, 7) is 3.34. The summed E-state index contributed by atoms with van der Waals surface area (Å²) in [6.07, 6.45) is 0.542. The van der Waals surface area contributed by atoms with E-state index in [1.165, 1.54) is 18.2 Å². The Balaban J connectivity index is 1.46. The Hall–Kier alpha value is -2.68. The van der Waals surface area contributed by atoms with Crippen molar-refractivity contribution in [2.75, 3.05) is 26.4 Å². The van der Waals surface area contributed by atoms with E-state index in [1.54, 1.807) is 19.1 Å². The molecule has 6 aliphatic rings. The lowest BCUT2D eigenvalue weighted by Gasteiger charge is -2.57. The van der Waals surface area contributed by atoms with Crippen molar-refractivity contribution in [2.45, 2.75) is 61.7 Å². The van der Waals surface area contributed by atoms with Crippen LogP contribution in [0.25, 0.3) is 0 Å². The summed E-state index contributed by atoms with van der Waals surface area (Å²) in [5.74, 6) is -4.08. The van der Waals surface area contributed by atoms with Gasteiger partial charge >= 0.3 is 0 Å². The van der Waals surface area contributed by atoms with Crippen molar-refractivity contribution in [3.05, 3.63) is 41.5 Å². The van der Waals surface area contributed by atoms with Crippen molar-refractivity contribution in [3.8, 4) is 0 Å². The highest BCUT2D eigenvalue weighted by Crippen LogP contribution is 2.60. The van der Waals surface area contributed by atoms with Gasteiger partial charge in [-0.3, -0.25) is 19.7 Å². The molecule has 1 aliphatic carbocycles. The molecule has 4 fully saturated rings. The summed E-state index contributed by atoms with van der Waals surface area (Å²) in [5, 5.41) is 14.4. The van der Waals surface area contributed by atoms with Crippen LogP contribution in [0, 0.1) is 18.3 Å². The lowest BCUT2D eigenvalue weighted by Crippen LogP contribution is -2.76. The zero-order valence-electron chi connectivity index (χ0n) is 21.3. The summed E-state index contributed by atoms with van der Waals surface area (Å²) in [7, 11) is -4.52. The van der Waals surface area contributed by atoms with Gasteiger partial charge in [-0.25, -0.2) is 12.7 Å². The van der Waals surface area contributed by atoms with E-state index >= 15 is 0 Å². The number of carbonyl (C=O) groups excluding carboxylic acids is 3. The van der Waals surface area contributed by atoms with E-state index in [2.05, 4.69) is 5.32 Å². The zero-order chi connectivity index (χ0) is 27.6. The van der Waals surface area contributed by atoms with Crippen LogP contribution in [0.2, 0.25) is 0 Å². The van der Waals surface area contributed by atoms with Crippen LogP contribution in [0.4, 0.5) is 0 Å². The summed E-state index contributed by atoms with van der Waals surface area (Å²) < 4.78 is 50.5. The molecule has 12 nitrogen and oxygen atoms in total. The van der Waals surface area contributed by atoms with Gasteiger partial charge in [-0.05, 0) is 50.0 Å². The van der Waals surface area contributed by atoms with Gasteiger partial charge in [-0.2, -0.15) is 0 Å². The summed E-state index contributed by atoms with van der Waals surface area (Å²) in [5.41, 5.74) is -3.37. The van der Waals surface area contributed by atoms with Crippen LogP contribution in [0.15, 0.2) is 40.8 Å². The molecule has 7 rings (SSSR count). The van der Waals surface area contributed by atoms with Gasteiger partial charge in [0.25, 0.3) is 15.9 Å². The summed E-state index contributed by atoms with van der Waals surface area (Å²) in [6, 6.07) is 4.61. The summed E-state index contributed by atoms with van der Waals surface area (Å²) in [4.78, 5) is 40.7. The standard InChI is InChI=1S/C26H30N2O10S/c1-15-2-5-17(6-3-15)39(33,34)28-21-16(4-7-18-35-10-11-36-18)14-26(32,24(28)31)25(9-8-19-37-12-13-38-19)20(21)22(29)27-23(25)30/h2-3,5-6,14,18-21,32H,4,7-13H2,1H3,(H,27,29,30)/t20-,21-,25-,26+/m0/s1. The maximum absolute atomic E-state index is 14.0. The first-order chi connectivity index (χ1) is 18.6.